The number of carbonyl (C=O) groups excluding carboxylic acids is 1. The molecule has 0 saturated carbocycles. The van der Waals surface area contributed by atoms with Gasteiger partial charge in [-0.15, -0.1) is 0 Å². The smallest absolute Gasteiger partial charge is 0.250 e. The van der Waals surface area contributed by atoms with Crippen LogP contribution >= 0.6 is 12.6 Å². The Kier molecular flexibility index (Phi) is 6.63. The third kappa shape index (κ3) is 4.99. The Balaban J connectivity index is 2.15. The van der Waals surface area contributed by atoms with Crippen LogP contribution in [0.2, 0.25) is 0 Å². The van der Waals surface area contributed by atoms with Crippen molar-refractivity contribution in [3.05, 3.63) is 77.1 Å². The second-order valence-electron chi connectivity index (χ2n) is 5.22. The lowest BCUT2D eigenvalue weighted by atomic mass is 10.1. The zero-order chi connectivity index (χ0) is 17.4. The predicted molar refractivity (Wildman–Crippen MR) is 102 cm³/mol. The Morgan fingerprint density at radius 3 is 2.83 bits per heavy atom. The maximum atomic E-state index is 12.0. The number of hydrogen-bond acceptors (Lipinski definition) is 4. The Morgan fingerprint density at radius 1 is 1.29 bits per heavy atom. The minimum Gasteiger partial charge on any atom is -0.381 e. The lowest BCUT2D eigenvalue weighted by Crippen LogP contribution is -2.21. The Hall–Kier alpha value is -2.53. The molecule has 1 heterocycles. The molecule has 0 radical (unpaired) electrons. The summed E-state index contributed by atoms with van der Waals surface area (Å²) in [4.78, 5) is 16.3. The van der Waals surface area contributed by atoms with Crippen molar-refractivity contribution >= 4 is 29.4 Å². The number of carbonyl (C=O) groups is 1. The second-order valence-corrected chi connectivity index (χ2v) is 5.52. The minimum atomic E-state index is -0.181. The molecule has 0 aliphatic rings. The zero-order valence-electron chi connectivity index (χ0n) is 13.8. The van der Waals surface area contributed by atoms with Crippen molar-refractivity contribution in [2.24, 2.45) is 0 Å². The van der Waals surface area contributed by atoms with E-state index in [0.29, 0.717) is 12.2 Å². The standard InChI is InChI=1S/C19H21N3OS/c1-3-14(2)22-19(23)12-16(9-11-24)21-13-15-8-10-20-18-7-5-4-6-17(15)18/h3-12,21,24H,13H2,1-2H3,(H,22,23)/b11-9-,14-3+,16-12-. The van der Waals surface area contributed by atoms with Gasteiger partial charge < -0.3 is 10.6 Å². The number of pyridine rings is 1. The second kappa shape index (κ2) is 8.93. The van der Waals surface area contributed by atoms with Crippen molar-refractivity contribution in [3.63, 3.8) is 0 Å². The van der Waals surface area contributed by atoms with Gasteiger partial charge >= 0.3 is 0 Å². The molecule has 0 unspecified atom stereocenters. The molecule has 2 N–H and O–H groups in total. The maximum Gasteiger partial charge on any atom is 0.250 e. The fraction of sp³-hybridized carbons (Fsp3) is 0.158. The molecule has 0 aliphatic heterocycles. The number of nitrogens with one attached hydrogen (secondary N) is 2. The summed E-state index contributed by atoms with van der Waals surface area (Å²) in [5.41, 5.74) is 3.57. The molecule has 1 aromatic carbocycles. The van der Waals surface area contributed by atoms with Crippen LogP contribution in [0.1, 0.15) is 19.4 Å². The van der Waals surface area contributed by atoms with Crippen LogP contribution in [0.3, 0.4) is 0 Å². The van der Waals surface area contributed by atoms with Crippen molar-refractivity contribution in [3.8, 4) is 0 Å². The van der Waals surface area contributed by atoms with E-state index in [2.05, 4.69) is 28.2 Å². The minimum absolute atomic E-state index is 0.181. The molecule has 5 heteroatoms. The maximum absolute atomic E-state index is 12.0. The van der Waals surface area contributed by atoms with Crippen LogP contribution in [0.15, 0.2) is 71.6 Å². The van der Waals surface area contributed by atoms with E-state index in [0.717, 1.165) is 22.2 Å². The van der Waals surface area contributed by atoms with E-state index in [4.69, 9.17) is 0 Å². The van der Waals surface area contributed by atoms with Crippen LogP contribution in [-0.2, 0) is 11.3 Å². The first-order valence-electron chi connectivity index (χ1n) is 7.67. The lowest BCUT2D eigenvalue weighted by Gasteiger charge is -2.10. The first kappa shape index (κ1) is 17.8. The van der Waals surface area contributed by atoms with Crippen molar-refractivity contribution in [1.82, 2.24) is 15.6 Å². The molecule has 4 nitrogen and oxygen atoms in total. The van der Waals surface area contributed by atoms with E-state index in [9.17, 15) is 4.79 Å². The Morgan fingerprint density at radius 2 is 2.08 bits per heavy atom. The molecule has 24 heavy (non-hydrogen) atoms. The van der Waals surface area contributed by atoms with Gasteiger partial charge in [0.15, 0.2) is 0 Å². The number of rotatable bonds is 6. The average Bonchev–Trinajstić information content (AvgIpc) is 2.59. The van der Waals surface area contributed by atoms with Crippen LogP contribution in [0.25, 0.3) is 10.9 Å². The third-order valence-electron chi connectivity index (χ3n) is 3.52. The van der Waals surface area contributed by atoms with E-state index in [1.54, 1.807) is 17.7 Å². The number of aromatic nitrogens is 1. The predicted octanol–water partition coefficient (Wildman–Crippen LogP) is 3.69. The molecule has 0 spiro atoms. The summed E-state index contributed by atoms with van der Waals surface area (Å²) in [6.45, 7) is 4.31. The van der Waals surface area contributed by atoms with Crippen LogP contribution in [0.5, 0.6) is 0 Å². The molecule has 2 aromatic rings. The highest BCUT2D eigenvalue weighted by Gasteiger charge is 2.03. The summed E-state index contributed by atoms with van der Waals surface area (Å²) in [6.07, 6.45) is 6.90. The molecular formula is C19H21N3OS. The molecular weight excluding hydrogens is 318 g/mol. The van der Waals surface area contributed by atoms with Gasteiger partial charge in [-0.05, 0) is 43.0 Å². The molecule has 1 aromatic heterocycles. The number of nitrogens with zero attached hydrogens (tertiary/aromatic N) is 1. The first-order chi connectivity index (χ1) is 11.6. The largest absolute Gasteiger partial charge is 0.381 e. The fourth-order valence-electron chi connectivity index (χ4n) is 2.19. The lowest BCUT2D eigenvalue weighted by molar-refractivity contribution is -0.115. The Labute approximate surface area is 147 Å². The molecule has 1 amide bonds. The normalized spacial score (nSPS) is 12.6. The van der Waals surface area contributed by atoms with Gasteiger partial charge in [0.05, 0.1) is 5.52 Å². The number of fused-ring (bicyclic) bond motifs is 1. The van der Waals surface area contributed by atoms with Gasteiger partial charge in [-0.1, -0.05) is 24.3 Å². The van der Waals surface area contributed by atoms with Crippen molar-refractivity contribution < 1.29 is 4.79 Å². The van der Waals surface area contributed by atoms with E-state index in [-0.39, 0.29) is 5.91 Å². The fourth-order valence-corrected chi connectivity index (χ4v) is 2.35. The molecule has 0 bridgehead atoms. The summed E-state index contributed by atoms with van der Waals surface area (Å²) in [5.74, 6) is -0.181. The number of hydrogen-bond donors (Lipinski definition) is 3. The highest BCUT2D eigenvalue weighted by atomic mass is 32.1. The van der Waals surface area contributed by atoms with Gasteiger partial charge in [-0.2, -0.15) is 12.6 Å². The molecule has 0 aliphatic carbocycles. The topological polar surface area (TPSA) is 54.0 Å². The van der Waals surface area contributed by atoms with Gasteiger partial charge in [0.1, 0.15) is 0 Å². The van der Waals surface area contributed by atoms with Gasteiger partial charge in [0.2, 0.25) is 5.91 Å². The van der Waals surface area contributed by atoms with E-state index in [1.807, 2.05) is 50.3 Å². The highest BCUT2D eigenvalue weighted by Crippen LogP contribution is 2.16. The number of thiol groups is 1. The summed E-state index contributed by atoms with van der Waals surface area (Å²) >= 11 is 4.10. The molecule has 0 fully saturated rings. The number of benzene rings is 1. The van der Waals surface area contributed by atoms with E-state index >= 15 is 0 Å². The van der Waals surface area contributed by atoms with Crippen LogP contribution < -0.4 is 10.6 Å². The number of amides is 1. The molecule has 0 saturated heterocycles. The quantitative estimate of drug-likeness (QED) is 0.427. The third-order valence-corrected chi connectivity index (χ3v) is 3.67. The van der Waals surface area contributed by atoms with Gasteiger partial charge in [0, 0.05) is 35.6 Å². The monoisotopic (exact) mass is 339 g/mol. The zero-order valence-corrected chi connectivity index (χ0v) is 14.7. The molecule has 0 atom stereocenters. The first-order valence-corrected chi connectivity index (χ1v) is 8.18. The van der Waals surface area contributed by atoms with Crippen LogP contribution in [-0.4, -0.2) is 10.9 Å². The van der Waals surface area contributed by atoms with Crippen molar-refractivity contribution in [1.29, 1.82) is 0 Å². The summed E-state index contributed by atoms with van der Waals surface area (Å²) in [6, 6.07) is 9.96. The van der Waals surface area contributed by atoms with Crippen molar-refractivity contribution in [2.75, 3.05) is 0 Å². The van der Waals surface area contributed by atoms with E-state index in [1.165, 1.54) is 6.08 Å². The summed E-state index contributed by atoms with van der Waals surface area (Å²) in [7, 11) is 0. The van der Waals surface area contributed by atoms with Gasteiger partial charge in [-0.25, -0.2) is 0 Å². The van der Waals surface area contributed by atoms with Crippen LogP contribution in [0.4, 0.5) is 0 Å². The summed E-state index contributed by atoms with van der Waals surface area (Å²) in [5, 5.41) is 8.74. The van der Waals surface area contributed by atoms with Crippen molar-refractivity contribution in [2.45, 2.75) is 20.4 Å². The SMILES string of the molecule is C/C=C(\C)NC(=O)/C=C(/C=C\S)NCc1ccnc2ccccc12. The molecule has 2 rings (SSSR count). The molecule has 124 valence electrons. The summed E-state index contributed by atoms with van der Waals surface area (Å²) < 4.78 is 0. The average molecular weight is 339 g/mol. The number of allylic oxidation sites excluding steroid dienone is 3. The van der Waals surface area contributed by atoms with E-state index < -0.39 is 0 Å². The van der Waals surface area contributed by atoms with Gasteiger partial charge in [-0.3, -0.25) is 9.78 Å². The van der Waals surface area contributed by atoms with Crippen LogP contribution in [0, 0.1) is 0 Å². The highest BCUT2D eigenvalue weighted by molar-refractivity contribution is 7.83. The Bertz CT molecular complexity index is 804. The van der Waals surface area contributed by atoms with Gasteiger partial charge in [0.25, 0.3) is 0 Å². The number of para-hydroxylation sites is 1.